The minimum Gasteiger partial charge on any atom is -0.245 e. The van der Waals surface area contributed by atoms with Gasteiger partial charge in [0.2, 0.25) is 0 Å². The highest BCUT2D eigenvalue weighted by molar-refractivity contribution is 6.02. The summed E-state index contributed by atoms with van der Waals surface area (Å²) in [4.78, 5) is 8.92. The number of amidine groups is 1. The molecule has 0 N–H and O–H groups in total. The molecule has 1 unspecified atom stereocenters. The third kappa shape index (κ3) is 3.97. The van der Waals surface area contributed by atoms with Crippen LogP contribution in [0.15, 0.2) is 94.9 Å². The predicted octanol–water partition coefficient (Wildman–Crippen LogP) is 1.79. The summed E-state index contributed by atoms with van der Waals surface area (Å²) in [6.07, 6.45) is 0. The van der Waals surface area contributed by atoms with Crippen LogP contribution in [0.1, 0.15) is 15.2 Å². The second-order valence-corrected chi connectivity index (χ2v) is 6.60. The van der Waals surface area contributed by atoms with E-state index in [0.29, 0.717) is 5.84 Å². The summed E-state index contributed by atoms with van der Waals surface area (Å²) < 4.78 is 0.0443. The van der Waals surface area contributed by atoms with Gasteiger partial charge >= 0.3 is 0 Å². The zero-order valence-corrected chi connectivity index (χ0v) is 15.5. The normalized spacial score (nSPS) is 12.6. The molecule has 0 amide bonds. The second-order valence-electron chi connectivity index (χ2n) is 5.32. The Morgan fingerprint density at radius 1 is 0.792 bits per heavy atom. The van der Waals surface area contributed by atoms with Crippen molar-refractivity contribution in [1.29, 1.82) is 0 Å². The summed E-state index contributed by atoms with van der Waals surface area (Å²) in [5.41, 5.74) is 4.48. The minimum atomic E-state index is 0.0443. The molecule has 0 spiro atoms. The van der Waals surface area contributed by atoms with Gasteiger partial charge in [0.1, 0.15) is 0 Å². The highest BCUT2D eigenvalue weighted by atomic mass is 127. The van der Waals surface area contributed by atoms with Crippen molar-refractivity contribution in [2.75, 3.05) is 0 Å². The number of nitrogens with zero attached hydrogens (tertiary/aromatic N) is 2. The summed E-state index contributed by atoms with van der Waals surface area (Å²) >= 11 is 1.99. The highest BCUT2D eigenvalue weighted by Gasteiger charge is 2.15. The van der Waals surface area contributed by atoms with Crippen LogP contribution < -0.4 is 22.6 Å². The molecule has 2 nitrogen and oxygen atoms in total. The first-order valence-electron chi connectivity index (χ1n) is 7.69. The quantitative estimate of drug-likeness (QED) is 0.200. The number of hydrogen-bond donors (Lipinski definition) is 0. The number of benzene rings is 3. The van der Waals surface area contributed by atoms with Crippen LogP contribution in [0.4, 0.5) is 0 Å². The van der Waals surface area contributed by atoms with Gasteiger partial charge in [-0.25, -0.2) is 9.98 Å². The van der Waals surface area contributed by atoms with Crippen molar-refractivity contribution >= 4 is 12.6 Å². The van der Waals surface area contributed by atoms with Crippen molar-refractivity contribution in [1.82, 2.24) is 0 Å². The lowest BCUT2D eigenvalue weighted by Crippen LogP contribution is -3.35. The molecular weight excluding hydrogens is 407 g/mol. The average Bonchev–Trinajstić information content (AvgIpc) is 2.67. The first kappa shape index (κ1) is 16.6. The number of aliphatic imine (C=N–C) groups is 2. The van der Waals surface area contributed by atoms with E-state index in [1.165, 1.54) is 11.1 Å². The lowest BCUT2D eigenvalue weighted by atomic mass is 10.0. The average molecular weight is 425 g/mol. The molecule has 0 saturated carbocycles. The molecule has 24 heavy (non-hydrogen) atoms. The van der Waals surface area contributed by atoms with Crippen LogP contribution in [0.5, 0.6) is 0 Å². The van der Waals surface area contributed by atoms with Gasteiger partial charge in [0, 0.05) is 11.1 Å². The smallest absolute Gasteiger partial charge is 0.245 e. The summed E-state index contributed by atoms with van der Waals surface area (Å²) in [7, 11) is 0. The van der Waals surface area contributed by atoms with Gasteiger partial charge in [0.15, 0.2) is 5.84 Å². The van der Waals surface area contributed by atoms with Gasteiger partial charge < -0.3 is 0 Å². The molecule has 3 aromatic rings. The number of alkyl halides is 1. The molecule has 3 aromatic carbocycles. The van der Waals surface area contributed by atoms with Crippen LogP contribution in [-0.2, 0) is 0 Å². The van der Waals surface area contributed by atoms with Crippen LogP contribution in [0, 0.1) is 0 Å². The third-order valence-electron chi connectivity index (χ3n) is 3.70. The largest absolute Gasteiger partial charge is 0.286 e. The van der Waals surface area contributed by atoms with Crippen LogP contribution in [0.3, 0.4) is 0 Å². The molecule has 0 bridgehead atoms. The maximum atomic E-state index is 4.76. The van der Waals surface area contributed by atoms with E-state index in [4.69, 9.17) is 4.99 Å². The zero-order chi connectivity index (χ0) is 16.8. The molecule has 0 radical (unpaired) electrons. The third-order valence-corrected chi connectivity index (χ3v) is 4.78. The van der Waals surface area contributed by atoms with Gasteiger partial charge in [0.25, 0.3) is 26.6 Å². The van der Waals surface area contributed by atoms with Crippen molar-refractivity contribution < 1.29 is 22.6 Å². The molecule has 0 aliphatic carbocycles. The van der Waals surface area contributed by atoms with Crippen LogP contribution in [-0.4, -0.2) is 12.6 Å². The molecule has 3 heteroatoms. The first-order chi connectivity index (χ1) is 11.8. The molecule has 0 aliphatic heterocycles. The minimum absolute atomic E-state index is 0.0443. The topological polar surface area (TPSA) is 24.7 Å². The Morgan fingerprint density at radius 2 is 1.42 bits per heavy atom. The molecule has 0 heterocycles. The van der Waals surface area contributed by atoms with Crippen LogP contribution >= 0.6 is 0 Å². The van der Waals surface area contributed by atoms with E-state index in [2.05, 4.69) is 48.1 Å². The van der Waals surface area contributed by atoms with Crippen molar-refractivity contribution in [2.24, 2.45) is 9.98 Å². The summed E-state index contributed by atoms with van der Waals surface area (Å²) in [6, 6.07) is 28.8. The SMILES string of the molecule is C=N/C(=N\C([IH+])c1ccccc1)c1cccc(-c2ccccc2)c1. The van der Waals surface area contributed by atoms with Crippen LogP contribution in [0.25, 0.3) is 11.1 Å². The molecular formula is C21H18IN2+. The summed E-state index contributed by atoms with van der Waals surface area (Å²) in [6.45, 7) is 3.71. The summed E-state index contributed by atoms with van der Waals surface area (Å²) in [5, 5.41) is 0. The van der Waals surface area contributed by atoms with E-state index in [1.807, 2.05) is 71.1 Å². The van der Waals surface area contributed by atoms with Crippen LogP contribution in [0.2, 0.25) is 0 Å². The Balaban J connectivity index is 1.94. The van der Waals surface area contributed by atoms with Crippen molar-refractivity contribution in [3.63, 3.8) is 0 Å². The molecule has 1 atom stereocenters. The lowest BCUT2D eigenvalue weighted by Gasteiger charge is -2.06. The maximum absolute atomic E-state index is 4.76. The molecule has 0 aromatic heterocycles. The van der Waals surface area contributed by atoms with Crippen molar-refractivity contribution in [3.05, 3.63) is 96.1 Å². The number of halogens is 1. The Morgan fingerprint density at radius 3 is 2.08 bits per heavy atom. The molecule has 0 saturated heterocycles. The Labute approximate surface area is 156 Å². The van der Waals surface area contributed by atoms with E-state index < -0.39 is 0 Å². The van der Waals surface area contributed by atoms with E-state index in [1.54, 1.807) is 0 Å². The van der Waals surface area contributed by atoms with Gasteiger partial charge in [-0.15, -0.1) is 0 Å². The van der Waals surface area contributed by atoms with E-state index >= 15 is 0 Å². The Bertz CT molecular complexity index is 842. The second kappa shape index (κ2) is 8.02. The van der Waals surface area contributed by atoms with Gasteiger partial charge in [-0.3, -0.25) is 0 Å². The van der Waals surface area contributed by atoms with E-state index in [9.17, 15) is 0 Å². The predicted molar refractivity (Wildman–Crippen MR) is 98.5 cm³/mol. The van der Waals surface area contributed by atoms with Gasteiger partial charge in [-0.1, -0.05) is 78.9 Å². The van der Waals surface area contributed by atoms with Gasteiger partial charge in [-0.2, -0.15) is 0 Å². The molecule has 118 valence electrons. The maximum Gasteiger partial charge on any atom is 0.286 e. The number of rotatable bonds is 4. The van der Waals surface area contributed by atoms with Crippen molar-refractivity contribution in [2.45, 2.75) is 4.05 Å². The van der Waals surface area contributed by atoms with E-state index in [-0.39, 0.29) is 4.05 Å². The standard InChI is InChI=1S/C21H18IN2/c1-23-21(24-20(22)17-11-6-3-7-12-17)19-14-8-13-18(15-19)16-9-4-2-5-10-16/h2-15,20,22H,1H2/q+1/b24-21-. The lowest BCUT2D eigenvalue weighted by molar-refractivity contribution is -0.423. The summed E-state index contributed by atoms with van der Waals surface area (Å²) in [5.74, 6) is 0.673. The Hall–Kier alpha value is -2.27. The van der Waals surface area contributed by atoms with Crippen molar-refractivity contribution in [3.8, 4) is 11.1 Å². The molecule has 0 aliphatic rings. The fourth-order valence-corrected chi connectivity index (χ4v) is 3.21. The fraction of sp³-hybridized carbons (Fsp3) is 0.0476. The molecule has 3 rings (SSSR count). The fourth-order valence-electron chi connectivity index (χ4n) is 2.48. The number of hydrogen-bond acceptors (Lipinski definition) is 1. The zero-order valence-electron chi connectivity index (χ0n) is 13.2. The highest BCUT2D eigenvalue weighted by Crippen LogP contribution is 2.21. The first-order valence-corrected chi connectivity index (χ1v) is 9.03. The monoisotopic (exact) mass is 425 g/mol. The molecule has 0 fully saturated rings. The Kier molecular flexibility index (Phi) is 5.54. The van der Waals surface area contributed by atoms with E-state index in [0.717, 1.165) is 11.1 Å². The van der Waals surface area contributed by atoms with Gasteiger partial charge in [-0.05, 0) is 23.9 Å². The van der Waals surface area contributed by atoms with Gasteiger partial charge in [0.05, 0.1) is 0 Å².